The summed E-state index contributed by atoms with van der Waals surface area (Å²) >= 11 is 1.37. The minimum atomic E-state index is -0.655. The van der Waals surface area contributed by atoms with Crippen LogP contribution in [0.1, 0.15) is 54.8 Å². The first-order valence-electron chi connectivity index (χ1n) is 14.8. The van der Waals surface area contributed by atoms with Crippen LogP contribution in [0.2, 0.25) is 0 Å². The van der Waals surface area contributed by atoms with E-state index in [1.807, 2.05) is 24.3 Å². The van der Waals surface area contributed by atoms with Gasteiger partial charge >= 0.3 is 0 Å². The summed E-state index contributed by atoms with van der Waals surface area (Å²) in [7, 11) is 0. The van der Waals surface area contributed by atoms with Crippen molar-refractivity contribution < 1.29 is 9.59 Å². The third-order valence-electron chi connectivity index (χ3n) is 8.79. The first-order chi connectivity index (χ1) is 21.6. The van der Waals surface area contributed by atoms with Gasteiger partial charge in [0, 0.05) is 27.1 Å². The van der Waals surface area contributed by atoms with E-state index in [1.54, 1.807) is 6.07 Å². The lowest BCUT2D eigenvalue weighted by molar-refractivity contribution is -0.123. The van der Waals surface area contributed by atoms with Crippen LogP contribution >= 0.6 is 11.3 Å². The van der Waals surface area contributed by atoms with Crippen LogP contribution in [0.3, 0.4) is 0 Å². The maximum atomic E-state index is 12.6. The summed E-state index contributed by atoms with van der Waals surface area (Å²) < 4.78 is 0. The molecule has 222 valence electrons. The largest absolute Gasteiger partial charge is 0.302 e. The Balaban J connectivity index is 1.42. The number of rotatable bonds is 8. The molecule has 0 atom stereocenters. The van der Waals surface area contributed by atoms with Gasteiger partial charge in [-0.15, -0.1) is 11.3 Å². The molecule has 0 saturated heterocycles. The quantitative estimate of drug-likeness (QED) is 0.179. The van der Waals surface area contributed by atoms with E-state index in [0.717, 1.165) is 16.4 Å². The minimum Gasteiger partial charge on any atom is -0.302 e. The molecule has 0 saturated carbocycles. The summed E-state index contributed by atoms with van der Waals surface area (Å²) in [5, 5.41) is 12.7. The minimum absolute atomic E-state index is 0.124. The summed E-state index contributed by atoms with van der Waals surface area (Å²) in [5.41, 5.74) is 6.35. The van der Waals surface area contributed by atoms with Crippen molar-refractivity contribution in [2.24, 2.45) is 0 Å². The molecule has 45 heavy (non-hydrogen) atoms. The van der Waals surface area contributed by atoms with E-state index >= 15 is 0 Å². The molecule has 0 spiro atoms. The molecule has 1 N–H and O–H groups in total. The Kier molecular flexibility index (Phi) is 7.74. The molecule has 0 radical (unpaired) electrons. The highest BCUT2D eigenvalue weighted by molar-refractivity contribution is 7.17. The first-order valence-corrected chi connectivity index (χ1v) is 15.7. The number of carbonyl (C=O) groups excluding carboxylic acids is 2. The van der Waals surface area contributed by atoms with Crippen LogP contribution in [0.25, 0.3) is 5.57 Å². The molecule has 6 rings (SSSR count). The first kappa shape index (κ1) is 29.8. The molecule has 6 heteroatoms. The van der Waals surface area contributed by atoms with Crippen molar-refractivity contribution in [1.82, 2.24) is 5.32 Å². The molecule has 2 heterocycles. The van der Waals surface area contributed by atoms with E-state index in [0.29, 0.717) is 4.88 Å². The number of carbonyl (C=O) groups is 2. The van der Waals surface area contributed by atoms with Crippen LogP contribution < -0.4 is 10.2 Å². The van der Waals surface area contributed by atoms with E-state index in [1.165, 1.54) is 33.6 Å². The number of nitriles is 1. The van der Waals surface area contributed by atoms with Gasteiger partial charge in [-0.05, 0) is 58.7 Å². The number of hydrogen-bond acceptors (Lipinski definition) is 5. The molecule has 1 aromatic heterocycles. The Bertz CT molecular complexity index is 1850. The molecule has 4 aromatic carbocycles. The smallest absolute Gasteiger partial charge is 0.269 e. The molecule has 1 aliphatic rings. The van der Waals surface area contributed by atoms with Crippen molar-refractivity contribution in [3.8, 4) is 6.07 Å². The topological polar surface area (TPSA) is 73.2 Å². The van der Waals surface area contributed by atoms with Crippen LogP contribution in [0.15, 0.2) is 127 Å². The summed E-state index contributed by atoms with van der Waals surface area (Å²) in [4.78, 5) is 27.5. The lowest BCUT2D eigenvalue weighted by atomic mass is 9.78. The van der Waals surface area contributed by atoms with E-state index in [-0.39, 0.29) is 22.0 Å². The van der Waals surface area contributed by atoms with Gasteiger partial charge in [0.1, 0.15) is 16.6 Å². The Hall–Kier alpha value is -5.25. The number of nitrogens with one attached hydrogen (secondary N) is 1. The summed E-state index contributed by atoms with van der Waals surface area (Å²) in [6, 6.07) is 43.7. The van der Waals surface area contributed by atoms with Gasteiger partial charge in [-0.1, -0.05) is 113 Å². The van der Waals surface area contributed by atoms with Gasteiger partial charge < -0.3 is 4.90 Å². The van der Waals surface area contributed by atoms with Gasteiger partial charge in [0.15, 0.2) is 0 Å². The van der Waals surface area contributed by atoms with Gasteiger partial charge in [-0.25, -0.2) is 0 Å². The standard InChI is InChI=1S/C39H33N3O2S/c1-38(2,26-11-7-5-8-12-26)28-15-19-30(20-16-28)42(34-24-23-33(45-34)35-32(25-40)36(43)41-37(35)44)31-21-17-29(18-22-31)39(3,4)27-13-9-6-10-14-27/h5-24H,1-4H3,(H,41,43,44). The lowest BCUT2D eigenvalue weighted by Gasteiger charge is -2.29. The van der Waals surface area contributed by atoms with Crippen LogP contribution in [0, 0.1) is 11.3 Å². The van der Waals surface area contributed by atoms with Crippen LogP contribution in [0.5, 0.6) is 0 Å². The van der Waals surface area contributed by atoms with Gasteiger partial charge in [-0.3, -0.25) is 14.9 Å². The molecule has 1 aliphatic heterocycles. The molecular weight excluding hydrogens is 575 g/mol. The van der Waals surface area contributed by atoms with E-state index in [4.69, 9.17) is 0 Å². The predicted molar refractivity (Wildman–Crippen MR) is 182 cm³/mol. The molecule has 0 aliphatic carbocycles. The number of nitrogens with zero attached hydrogens (tertiary/aromatic N) is 2. The normalized spacial score (nSPS) is 13.5. The number of thiophene rings is 1. The monoisotopic (exact) mass is 607 g/mol. The van der Waals surface area contributed by atoms with Crippen molar-refractivity contribution in [1.29, 1.82) is 5.26 Å². The fourth-order valence-electron chi connectivity index (χ4n) is 5.88. The summed E-state index contributed by atoms with van der Waals surface area (Å²) in [6.45, 7) is 8.90. The maximum Gasteiger partial charge on any atom is 0.269 e. The SMILES string of the molecule is CC(C)(c1ccccc1)c1ccc(N(c2ccc(C(C)(C)c3ccccc3)cc2)c2ccc(C3=C(C#N)C(=O)NC3=O)s2)cc1. The molecular formula is C39H33N3O2S. The average Bonchev–Trinajstić information content (AvgIpc) is 3.65. The maximum absolute atomic E-state index is 12.6. The molecule has 0 unspecified atom stereocenters. The summed E-state index contributed by atoms with van der Waals surface area (Å²) in [6.07, 6.45) is 0. The molecule has 0 bridgehead atoms. The Morgan fingerprint density at radius 2 is 1.04 bits per heavy atom. The van der Waals surface area contributed by atoms with Crippen molar-refractivity contribution in [2.75, 3.05) is 4.90 Å². The van der Waals surface area contributed by atoms with Crippen molar-refractivity contribution in [3.05, 3.63) is 154 Å². The predicted octanol–water partition coefficient (Wildman–Crippen LogP) is 8.80. The molecule has 5 aromatic rings. The van der Waals surface area contributed by atoms with E-state index in [2.05, 4.69) is 135 Å². The van der Waals surface area contributed by atoms with Crippen LogP contribution in [0.4, 0.5) is 16.4 Å². The van der Waals surface area contributed by atoms with Gasteiger partial charge in [0.2, 0.25) is 0 Å². The molecule has 5 nitrogen and oxygen atoms in total. The number of benzene rings is 4. The van der Waals surface area contributed by atoms with Crippen LogP contribution in [-0.4, -0.2) is 11.8 Å². The number of imide groups is 1. The second-order valence-corrected chi connectivity index (χ2v) is 13.3. The van der Waals surface area contributed by atoms with Crippen molar-refractivity contribution in [3.63, 3.8) is 0 Å². The van der Waals surface area contributed by atoms with Gasteiger partial charge in [0.05, 0.1) is 5.57 Å². The fourth-order valence-corrected chi connectivity index (χ4v) is 6.98. The number of amides is 2. The Morgan fingerprint density at radius 1 is 0.600 bits per heavy atom. The van der Waals surface area contributed by atoms with Crippen LogP contribution in [-0.2, 0) is 20.4 Å². The highest BCUT2D eigenvalue weighted by Gasteiger charge is 2.33. The van der Waals surface area contributed by atoms with Gasteiger partial charge in [0.25, 0.3) is 11.8 Å². The van der Waals surface area contributed by atoms with E-state index < -0.39 is 11.8 Å². The van der Waals surface area contributed by atoms with E-state index in [9.17, 15) is 14.9 Å². The fraction of sp³-hybridized carbons (Fsp3) is 0.154. The number of hydrogen-bond donors (Lipinski definition) is 1. The second-order valence-electron chi connectivity index (χ2n) is 12.2. The highest BCUT2D eigenvalue weighted by atomic mass is 32.1. The zero-order chi connectivity index (χ0) is 31.8. The Labute approximate surface area is 268 Å². The molecule has 0 fully saturated rings. The summed E-state index contributed by atoms with van der Waals surface area (Å²) in [5.74, 6) is -1.20. The second kappa shape index (κ2) is 11.7. The third-order valence-corrected chi connectivity index (χ3v) is 9.87. The van der Waals surface area contributed by atoms with Crippen molar-refractivity contribution in [2.45, 2.75) is 38.5 Å². The highest BCUT2D eigenvalue weighted by Crippen LogP contribution is 2.43. The van der Waals surface area contributed by atoms with Gasteiger partial charge in [-0.2, -0.15) is 5.26 Å². The number of anilines is 3. The Morgan fingerprint density at radius 3 is 1.49 bits per heavy atom. The zero-order valence-electron chi connectivity index (χ0n) is 25.7. The lowest BCUT2D eigenvalue weighted by Crippen LogP contribution is -2.22. The zero-order valence-corrected chi connectivity index (χ0v) is 26.5. The average molecular weight is 608 g/mol. The third kappa shape index (κ3) is 5.48. The van der Waals surface area contributed by atoms with Crippen molar-refractivity contribution >= 4 is 45.1 Å². The molecule has 2 amide bonds.